The fourth-order valence-electron chi connectivity index (χ4n) is 5.20. The van der Waals surface area contributed by atoms with Crippen molar-refractivity contribution in [3.05, 3.63) is 74.3 Å². The number of pyridine rings is 1. The van der Waals surface area contributed by atoms with E-state index in [-0.39, 0.29) is 23.4 Å². The first kappa shape index (κ1) is 19.5. The lowest BCUT2D eigenvalue weighted by molar-refractivity contribution is -0.386. The number of piperidine rings is 1. The molecule has 1 aromatic carbocycles. The molecule has 0 spiro atoms. The molecule has 8 nitrogen and oxygen atoms in total. The van der Waals surface area contributed by atoms with Crippen LogP contribution in [0, 0.1) is 16.0 Å². The van der Waals surface area contributed by atoms with Gasteiger partial charge in [0, 0.05) is 60.8 Å². The Kier molecular flexibility index (Phi) is 4.84. The first-order valence-corrected chi connectivity index (χ1v) is 10.7. The molecule has 4 heterocycles. The molecule has 0 aliphatic carbocycles. The van der Waals surface area contributed by atoms with E-state index < -0.39 is 10.5 Å². The zero-order valence-electron chi connectivity index (χ0n) is 17.1. The summed E-state index contributed by atoms with van der Waals surface area (Å²) < 4.78 is 1.55. The molecule has 2 bridgehead atoms. The molecule has 2 aromatic heterocycles. The number of hydrogen-bond acceptors (Lipinski definition) is 4. The maximum absolute atomic E-state index is 12.9. The highest BCUT2D eigenvalue weighted by Crippen LogP contribution is 2.36. The van der Waals surface area contributed by atoms with Crippen molar-refractivity contribution in [2.45, 2.75) is 38.1 Å². The molecule has 8 heteroatoms. The normalized spacial score (nSPS) is 19.9. The van der Waals surface area contributed by atoms with E-state index in [1.54, 1.807) is 10.6 Å². The van der Waals surface area contributed by atoms with Gasteiger partial charge < -0.3 is 14.5 Å². The molecule has 3 aromatic rings. The van der Waals surface area contributed by atoms with Gasteiger partial charge in [0.25, 0.3) is 0 Å². The van der Waals surface area contributed by atoms with Gasteiger partial charge in [-0.15, -0.1) is 0 Å². The number of nitro groups is 1. The van der Waals surface area contributed by atoms with Gasteiger partial charge in [0.05, 0.1) is 4.92 Å². The van der Waals surface area contributed by atoms with Crippen molar-refractivity contribution in [2.75, 3.05) is 13.1 Å². The van der Waals surface area contributed by atoms with Gasteiger partial charge >= 0.3 is 11.2 Å². The van der Waals surface area contributed by atoms with E-state index in [2.05, 4.69) is 11.1 Å². The maximum atomic E-state index is 12.9. The molecule has 2 aliphatic rings. The molecule has 5 rings (SSSR count). The summed E-state index contributed by atoms with van der Waals surface area (Å²) in [5.74, 6) is 0.356. The highest BCUT2D eigenvalue weighted by Gasteiger charge is 2.37. The fraction of sp³-hybridized carbons (Fsp3) is 0.391. The third-order valence-corrected chi connectivity index (χ3v) is 6.65. The summed E-state index contributed by atoms with van der Waals surface area (Å²) in [5, 5.41) is 12.3. The number of aryl methyl sites for hydroxylation is 1. The van der Waals surface area contributed by atoms with E-state index >= 15 is 0 Å². The number of carbonyl (C=O) groups excluding carboxylic acids is 1. The smallest absolute Gasteiger partial charge is 0.334 e. The molecule has 0 radical (unpaired) electrons. The van der Waals surface area contributed by atoms with Crippen LogP contribution in [-0.4, -0.2) is 38.4 Å². The van der Waals surface area contributed by atoms with E-state index in [9.17, 15) is 19.7 Å². The first-order chi connectivity index (χ1) is 15.0. The predicted octanol–water partition coefficient (Wildman–Crippen LogP) is 3.21. The van der Waals surface area contributed by atoms with Crippen LogP contribution in [0.5, 0.6) is 0 Å². The summed E-state index contributed by atoms with van der Waals surface area (Å²) in [5.41, 5.74) is 2.24. The van der Waals surface area contributed by atoms with Gasteiger partial charge in [-0.3, -0.25) is 19.7 Å². The number of H-pyrrole nitrogens is 1. The summed E-state index contributed by atoms with van der Waals surface area (Å²) >= 11 is 0. The van der Waals surface area contributed by atoms with E-state index in [0.717, 1.165) is 30.5 Å². The molecule has 1 saturated heterocycles. The number of para-hydroxylation sites is 1. The predicted molar refractivity (Wildman–Crippen MR) is 116 cm³/mol. The van der Waals surface area contributed by atoms with E-state index in [1.807, 2.05) is 29.3 Å². The summed E-state index contributed by atoms with van der Waals surface area (Å²) in [4.78, 5) is 41.1. The summed E-state index contributed by atoms with van der Waals surface area (Å²) in [7, 11) is 0. The molecule has 2 atom stereocenters. The molecule has 1 fully saturated rings. The van der Waals surface area contributed by atoms with Crippen LogP contribution in [0.1, 0.15) is 36.4 Å². The van der Waals surface area contributed by atoms with Gasteiger partial charge in [0.1, 0.15) is 0 Å². The van der Waals surface area contributed by atoms with Crippen LogP contribution in [-0.2, 0) is 17.8 Å². The molecule has 0 saturated carbocycles. The number of nitrogens with zero attached hydrogens (tertiary/aromatic N) is 3. The van der Waals surface area contributed by atoms with Gasteiger partial charge in [-0.2, -0.15) is 0 Å². The maximum Gasteiger partial charge on any atom is 0.334 e. The summed E-state index contributed by atoms with van der Waals surface area (Å²) in [6.45, 7) is 1.61. The average Bonchev–Trinajstić information content (AvgIpc) is 3.17. The minimum atomic E-state index is -0.621. The van der Waals surface area contributed by atoms with E-state index in [0.29, 0.717) is 26.1 Å². The highest BCUT2D eigenvalue weighted by atomic mass is 16.6. The highest BCUT2D eigenvalue weighted by molar-refractivity contribution is 5.83. The minimum absolute atomic E-state index is 0.0542. The number of carbonyl (C=O) groups is 1. The van der Waals surface area contributed by atoms with Crippen molar-refractivity contribution in [1.82, 2.24) is 14.5 Å². The number of nitrogens with one attached hydrogen (secondary N) is 1. The van der Waals surface area contributed by atoms with Gasteiger partial charge in [0.2, 0.25) is 5.91 Å². The van der Waals surface area contributed by atoms with Crippen molar-refractivity contribution in [1.29, 1.82) is 0 Å². The van der Waals surface area contributed by atoms with E-state index in [1.165, 1.54) is 17.0 Å². The minimum Gasteiger partial charge on any atom is -0.361 e. The number of aromatic nitrogens is 2. The third kappa shape index (κ3) is 3.52. The van der Waals surface area contributed by atoms with Crippen LogP contribution in [0.4, 0.5) is 5.69 Å². The number of aromatic amines is 1. The van der Waals surface area contributed by atoms with Gasteiger partial charge in [-0.25, -0.2) is 0 Å². The molecule has 160 valence electrons. The molecule has 1 amide bonds. The van der Waals surface area contributed by atoms with Gasteiger partial charge in [-0.05, 0) is 42.9 Å². The van der Waals surface area contributed by atoms with Crippen molar-refractivity contribution in [3.8, 4) is 0 Å². The second-order valence-corrected chi connectivity index (χ2v) is 8.63. The van der Waals surface area contributed by atoms with E-state index in [4.69, 9.17) is 0 Å². The lowest BCUT2D eigenvalue weighted by Crippen LogP contribution is -2.49. The molecule has 0 unspecified atom stereocenters. The Morgan fingerprint density at radius 1 is 1.16 bits per heavy atom. The van der Waals surface area contributed by atoms with Crippen LogP contribution in [0.15, 0.2) is 47.4 Å². The summed E-state index contributed by atoms with van der Waals surface area (Å²) in [6, 6.07) is 11.2. The monoisotopic (exact) mass is 420 g/mol. The van der Waals surface area contributed by atoms with Crippen LogP contribution >= 0.6 is 0 Å². The Bertz CT molecular complexity index is 1230. The van der Waals surface area contributed by atoms with Crippen LogP contribution in [0.3, 0.4) is 0 Å². The Labute approximate surface area is 178 Å². The summed E-state index contributed by atoms with van der Waals surface area (Å²) in [6.07, 6.45) is 5.06. The Hall–Kier alpha value is -3.42. The number of rotatable bonds is 5. The van der Waals surface area contributed by atoms with Crippen LogP contribution in [0.25, 0.3) is 10.9 Å². The molecule has 31 heavy (non-hydrogen) atoms. The zero-order valence-corrected chi connectivity index (χ0v) is 17.1. The number of likely N-dealkylation sites (tertiary alicyclic amines) is 1. The lowest BCUT2D eigenvalue weighted by Gasteiger charge is -2.42. The second kappa shape index (κ2) is 7.68. The zero-order chi connectivity index (χ0) is 21.5. The third-order valence-electron chi connectivity index (χ3n) is 6.65. The quantitative estimate of drug-likeness (QED) is 0.506. The standard InChI is InChI=1S/C23H24N4O4/c28-22(7-3-4-16-11-24-19-6-2-1-5-18(16)19)25-12-15-10-17(14-25)20-8-9-21(27(30)31)23(29)26(20)13-15/h1-2,5-6,8-9,11,15,17,24H,3-4,7,10,12-14H2/t15-,17-/m0/s1. The van der Waals surface area contributed by atoms with Crippen LogP contribution < -0.4 is 5.56 Å². The van der Waals surface area contributed by atoms with Crippen molar-refractivity contribution in [3.63, 3.8) is 0 Å². The van der Waals surface area contributed by atoms with Crippen LogP contribution in [0.2, 0.25) is 0 Å². The largest absolute Gasteiger partial charge is 0.361 e. The number of benzene rings is 1. The number of amides is 1. The fourth-order valence-corrected chi connectivity index (χ4v) is 5.20. The van der Waals surface area contributed by atoms with Gasteiger partial charge in [-0.1, -0.05) is 18.2 Å². The van der Waals surface area contributed by atoms with Crippen molar-refractivity contribution >= 4 is 22.5 Å². The molecular formula is C23H24N4O4. The average molecular weight is 420 g/mol. The van der Waals surface area contributed by atoms with Crippen molar-refractivity contribution in [2.24, 2.45) is 5.92 Å². The van der Waals surface area contributed by atoms with Gasteiger partial charge in [0.15, 0.2) is 0 Å². The second-order valence-electron chi connectivity index (χ2n) is 8.63. The first-order valence-electron chi connectivity index (χ1n) is 10.7. The number of hydrogen-bond donors (Lipinski definition) is 1. The van der Waals surface area contributed by atoms with Crippen molar-refractivity contribution < 1.29 is 9.72 Å². The molecule has 1 N–H and O–H groups in total. The Morgan fingerprint density at radius 3 is 2.84 bits per heavy atom. The topological polar surface area (TPSA) is 101 Å². The Balaban J connectivity index is 1.25. The number of fused-ring (bicyclic) bond motifs is 5. The molecule has 2 aliphatic heterocycles. The Morgan fingerprint density at radius 2 is 2.00 bits per heavy atom. The lowest BCUT2D eigenvalue weighted by atomic mass is 9.83. The SMILES string of the molecule is O=C(CCCc1c[nH]c2ccccc12)N1C[C@@H]2C[C@@H](C1)c1ccc([N+](=O)[O-])c(=O)n1C2. The molecular weight excluding hydrogens is 396 g/mol.